The third kappa shape index (κ3) is 2.72. The summed E-state index contributed by atoms with van der Waals surface area (Å²) in [7, 11) is 0. The lowest BCUT2D eigenvalue weighted by Gasteiger charge is -2.12. The number of hydrogen-bond donors (Lipinski definition) is 1. The largest absolute Gasteiger partial charge is 0.459 e. The molecule has 2 nitrogen and oxygen atoms in total. The molecule has 3 rings (SSSR count). The number of benzene rings is 2. The van der Waals surface area contributed by atoms with Crippen LogP contribution in [-0.2, 0) is 0 Å². The van der Waals surface area contributed by atoms with E-state index < -0.39 is 0 Å². The number of para-hydroxylation sites is 1. The molecule has 0 fully saturated rings. The first-order valence-electron chi connectivity index (χ1n) is 7.64. The summed E-state index contributed by atoms with van der Waals surface area (Å²) in [6.07, 6.45) is 1.02. The van der Waals surface area contributed by atoms with Gasteiger partial charge in [0.2, 0.25) is 0 Å². The molecule has 108 valence electrons. The van der Waals surface area contributed by atoms with Gasteiger partial charge in [-0.1, -0.05) is 62.4 Å². The lowest BCUT2D eigenvalue weighted by atomic mass is 10.0. The molecule has 1 N–H and O–H groups in total. The Hall–Kier alpha value is -2.06. The fraction of sp³-hybridized carbons (Fsp3) is 0.263. The van der Waals surface area contributed by atoms with Crippen LogP contribution in [0.2, 0.25) is 0 Å². The van der Waals surface area contributed by atoms with Gasteiger partial charge in [0.1, 0.15) is 11.3 Å². The molecule has 0 amide bonds. The molecule has 1 aromatic heterocycles. The predicted molar refractivity (Wildman–Crippen MR) is 88.4 cm³/mol. The fourth-order valence-corrected chi connectivity index (χ4v) is 2.79. The number of rotatable bonds is 5. The molecule has 0 spiro atoms. The molecule has 0 aliphatic rings. The molecule has 1 atom stereocenters. The summed E-state index contributed by atoms with van der Waals surface area (Å²) in [4.78, 5) is 0. The Morgan fingerprint density at radius 1 is 1.00 bits per heavy atom. The van der Waals surface area contributed by atoms with E-state index in [1.807, 2.05) is 6.07 Å². The molecule has 0 saturated heterocycles. The van der Waals surface area contributed by atoms with E-state index >= 15 is 0 Å². The summed E-state index contributed by atoms with van der Waals surface area (Å²) >= 11 is 0. The molecule has 3 aromatic rings. The van der Waals surface area contributed by atoms with Gasteiger partial charge in [0, 0.05) is 10.9 Å². The molecule has 0 saturated carbocycles. The van der Waals surface area contributed by atoms with E-state index in [2.05, 4.69) is 67.7 Å². The molecular formula is C19H21NO. The van der Waals surface area contributed by atoms with Crippen molar-refractivity contribution >= 4 is 11.0 Å². The van der Waals surface area contributed by atoms with Gasteiger partial charge in [-0.3, -0.25) is 0 Å². The maximum Gasteiger partial charge on any atom is 0.142 e. The van der Waals surface area contributed by atoms with Crippen molar-refractivity contribution in [3.63, 3.8) is 0 Å². The lowest BCUT2D eigenvalue weighted by Crippen LogP contribution is -2.19. The summed E-state index contributed by atoms with van der Waals surface area (Å²) < 4.78 is 6.20. The van der Waals surface area contributed by atoms with Gasteiger partial charge < -0.3 is 9.73 Å². The Labute approximate surface area is 125 Å². The number of nitrogens with one attached hydrogen (secondary N) is 1. The van der Waals surface area contributed by atoms with Crippen molar-refractivity contribution in [1.29, 1.82) is 0 Å². The first kappa shape index (κ1) is 13.9. The van der Waals surface area contributed by atoms with E-state index in [1.54, 1.807) is 0 Å². The highest BCUT2D eigenvalue weighted by molar-refractivity contribution is 5.92. The second-order valence-electron chi connectivity index (χ2n) is 5.26. The highest BCUT2D eigenvalue weighted by Gasteiger charge is 2.15. The van der Waals surface area contributed by atoms with Crippen LogP contribution in [0.3, 0.4) is 0 Å². The highest BCUT2D eigenvalue weighted by Crippen LogP contribution is 2.33. The van der Waals surface area contributed by atoms with Crippen molar-refractivity contribution in [3.05, 3.63) is 60.4 Å². The lowest BCUT2D eigenvalue weighted by molar-refractivity contribution is 0.428. The van der Waals surface area contributed by atoms with E-state index in [9.17, 15) is 0 Å². The van der Waals surface area contributed by atoms with Crippen molar-refractivity contribution in [3.8, 4) is 11.1 Å². The topological polar surface area (TPSA) is 25.2 Å². The SMILES string of the molecule is CCNC(CC)c1cc2cccc(-c3ccccc3)c2o1. The molecular weight excluding hydrogens is 258 g/mol. The van der Waals surface area contributed by atoms with Crippen LogP contribution >= 0.6 is 0 Å². The van der Waals surface area contributed by atoms with Crippen LogP contribution in [0, 0.1) is 0 Å². The van der Waals surface area contributed by atoms with E-state index in [-0.39, 0.29) is 6.04 Å². The van der Waals surface area contributed by atoms with Gasteiger partial charge >= 0.3 is 0 Å². The zero-order valence-electron chi connectivity index (χ0n) is 12.6. The predicted octanol–water partition coefficient (Wildman–Crippen LogP) is 5.16. The van der Waals surface area contributed by atoms with Crippen LogP contribution in [0.15, 0.2) is 59.0 Å². The van der Waals surface area contributed by atoms with Crippen molar-refractivity contribution in [1.82, 2.24) is 5.32 Å². The normalized spacial score (nSPS) is 12.7. The van der Waals surface area contributed by atoms with Crippen LogP contribution in [0.5, 0.6) is 0 Å². The first-order valence-corrected chi connectivity index (χ1v) is 7.64. The zero-order chi connectivity index (χ0) is 14.7. The standard InChI is InChI=1S/C19H21NO/c1-3-17(20-4-2)18-13-15-11-8-12-16(19(15)21-18)14-9-6-5-7-10-14/h5-13,17,20H,3-4H2,1-2H3. The average Bonchev–Trinajstić information content (AvgIpc) is 2.97. The summed E-state index contributed by atoms with van der Waals surface area (Å²) in [6.45, 7) is 5.25. The van der Waals surface area contributed by atoms with Crippen molar-refractivity contribution < 1.29 is 4.42 Å². The zero-order valence-corrected chi connectivity index (χ0v) is 12.6. The van der Waals surface area contributed by atoms with E-state index in [1.165, 1.54) is 10.9 Å². The number of furan rings is 1. The van der Waals surface area contributed by atoms with Gasteiger partial charge in [0.05, 0.1) is 6.04 Å². The maximum absolute atomic E-state index is 6.20. The minimum absolute atomic E-state index is 0.283. The smallest absolute Gasteiger partial charge is 0.142 e. The van der Waals surface area contributed by atoms with Gasteiger partial charge in [-0.05, 0) is 24.6 Å². The van der Waals surface area contributed by atoms with Crippen LogP contribution < -0.4 is 5.32 Å². The summed E-state index contributed by atoms with van der Waals surface area (Å²) in [5.41, 5.74) is 3.33. The van der Waals surface area contributed by atoms with Crippen LogP contribution in [0.25, 0.3) is 22.1 Å². The third-order valence-corrected chi connectivity index (χ3v) is 3.85. The van der Waals surface area contributed by atoms with E-state index in [0.717, 1.165) is 29.9 Å². The molecule has 2 aromatic carbocycles. The van der Waals surface area contributed by atoms with Crippen LogP contribution in [-0.4, -0.2) is 6.54 Å². The molecule has 0 bridgehead atoms. The third-order valence-electron chi connectivity index (χ3n) is 3.85. The highest BCUT2D eigenvalue weighted by atomic mass is 16.3. The molecule has 0 aliphatic heterocycles. The van der Waals surface area contributed by atoms with Crippen molar-refractivity contribution in [2.45, 2.75) is 26.3 Å². The molecule has 2 heteroatoms. The average molecular weight is 279 g/mol. The monoisotopic (exact) mass is 279 g/mol. The molecule has 21 heavy (non-hydrogen) atoms. The van der Waals surface area contributed by atoms with Crippen molar-refractivity contribution in [2.24, 2.45) is 0 Å². The Morgan fingerprint density at radius 3 is 2.52 bits per heavy atom. The van der Waals surface area contributed by atoms with Crippen LogP contribution in [0.4, 0.5) is 0 Å². The Balaban J connectivity index is 2.10. The first-order chi connectivity index (χ1) is 10.3. The number of fused-ring (bicyclic) bond motifs is 1. The van der Waals surface area contributed by atoms with Gasteiger partial charge in [0.25, 0.3) is 0 Å². The Kier molecular flexibility index (Phi) is 4.07. The maximum atomic E-state index is 6.20. The molecule has 1 unspecified atom stereocenters. The van der Waals surface area contributed by atoms with Gasteiger partial charge in [-0.25, -0.2) is 0 Å². The quantitative estimate of drug-likeness (QED) is 0.697. The Bertz CT molecular complexity index is 715. The second kappa shape index (κ2) is 6.15. The van der Waals surface area contributed by atoms with Crippen molar-refractivity contribution in [2.75, 3.05) is 6.54 Å². The second-order valence-corrected chi connectivity index (χ2v) is 5.26. The van der Waals surface area contributed by atoms with Crippen LogP contribution in [0.1, 0.15) is 32.1 Å². The molecule has 0 aliphatic carbocycles. The summed E-state index contributed by atoms with van der Waals surface area (Å²) in [5.74, 6) is 1.03. The molecule has 1 heterocycles. The minimum Gasteiger partial charge on any atom is -0.459 e. The van der Waals surface area contributed by atoms with Gasteiger partial charge in [0.15, 0.2) is 0 Å². The fourth-order valence-electron chi connectivity index (χ4n) is 2.79. The minimum atomic E-state index is 0.283. The van der Waals surface area contributed by atoms with Gasteiger partial charge in [-0.15, -0.1) is 0 Å². The number of hydrogen-bond acceptors (Lipinski definition) is 2. The van der Waals surface area contributed by atoms with E-state index in [0.29, 0.717) is 0 Å². The van der Waals surface area contributed by atoms with E-state index in [4.69, 9.17) is 4.42 Å². The summed E-state index contributed by atoms with van der Waals surface area (Å²) in [5, 5.41) is 4.64. The Morgan fingerprint density at radius 2 is 1.81 bits per heavy atom. The molecule has 0 radical (unpaired) electrons. The van der Waals surface area contributed by atoms with Gasteiger partial charge in [-0.2, -0.15) is 0 Å². The summed E-state index contributed by atoms with van der Waals surface area (Å²) in [6, 6.07) is 19.2.